The van der Waals surface area contributed by atoms with E-state index in [1.165, 1.54) is 5.56 Å². The molecule has 1 aromatic heterocycles. The van der Waals surface area contributed by atoms with Gasteiger partial charge in [-0.3, -0.25) is 0 Å². The zero-order valence-electron chi connectivity index (χ0n) is 11.1. The van der Waals surface area contributed by atoms with Gasteiger partial charge in [0, 0.05) is 6.07 Å². The molecule has 3 aromatic rings. The first kappa shape index (κ1) is 12.7. The van der Waals surface area contributed by atoms with E-state index < -0.39 is 0 Å². The second-order valence-electron chi connectivity index (χ2n) is 4.95. The standard InChI is InChI=1S/C16H17N3O/c17-13(8-6-11-4-2-1-3-5-11)16-18-14-9-7-12(20)10-15(14)19-16/h1-5,7,9-10,13,20H,6,8,17H2,(H,18,19). The molecule has 0 aliphatic heterocycles. The van der Waals surface area contributed by atoms with E-state index in [0.717, 1.165) is 29.7 Å². The van der Waals surface area contributed by atoms with Crippen molar-refractivity contribution in [2.75, 3.05) is 0 Å². The number of rotatable bonds is 4. The van der Waals surface area contributed by atoms with Crippen molar-refractivity contribution in [1.82, 2.24) is 9.97 Å². The van der Waals surface area contributed by atoms with E-state index >= 15 is 0 Å². The Morgan fingerprint density at radius 1 is 1.15 bits per heavy atom. The van der Waals surface area contributed by atoms with Crippen molar-refractivity contribution in [3.8, 4) is 5.75 Å². The van der Waals surface area contributed by atoms with Gasteiger partial charge in [0.1, 0.15) is 11.6 Å². The van der Waals surface area contributed by atoms with Crippen molar-refractivity contribution in [2.45, 2.75) is 18.9 Å². The van der Waals surface area contributed by atoms with Crippen molar-refractivity contribution < 1.29 is 5.11 Å². The van der Waals surface area contributed by atoms with E-state index in [1.807, 2.05) is 18.2 Å². The van der Waals surface area contributed by atoms with Gasteiger partial charge in [-0.05, 0) is 30.5 Å². The number of imidazole rings is 1. The molecule has 102 valence electrons. The van der Waals surface area contributed by atoms with Crippen LogP contribution in [0.25, 0.3) is 11.0 Å². The Balaban J connectivity index is 1.73. The van der Waals surface area contributed by atoms with Crippen LogP contribution in [0.5, 0.6) is 5.75 Å². The Labute approximate surface area is 117 Å². The van der Waals surface area contributed by atoms with Crippen molar-refractivity contribution in [3.05, 3.63) is 59.9 Å². The van der Waals surface area contributed by atoms with Crippen LogP contribution in [0.3, 0.4) is 0 Å². The number of phenolic OH excluding ortho intramolecular Hbond substituents is 1. The quantitative estimate of drug-likeness (QED) is 0.680. The lowest BCUT2D eigenvalue weighted by molar-refractivity contribution is 0.476. The lowest BCUT2D eigenvalue weighted by Crippen LogP contribution is -2.13. The molecule has 0 bridgehead atoms. The van der Waals surface area contributed by atoms with E-state index in [9.17, 15) is 5.11 Å². The maximum absolute atomic E-state index is 9.45. The molecule has 0 saturated heterocycles. The largest absolute Gasteiger partial charge is 0.508 e. The second kappa shape index (κ2) is 5.35. The van der Waals surface area contributed by atoms with E-state index in [0.29, 0.717) is 0 Å². The molecule has 0 aliphatic rings. The number of aromatic amines is 1. The average molecular weight is 267 g/mol. The Kier molecular flexibility index (Phi) is 3.39. The summed E-state index contributed by atoms with van der Waals surface area (Å²) in [4.78, 5) is 7.65. The van der Waals surface area contributed by atoms with Gasteiger partial charge in [0.15, 0.2) is 0 Å². The zero-order valence-corrected chi connectivity index (χ0v) is 11.1. The van der Waals surface area contributed by atoms with E-state index in [2.05, 4.69) is 22.1 Å². The van der Waals surface area contributed by atoms with Crippen LogP contribution in [-0.4, -0.2) is 15.1 Å². The smallest absolute Gasteiger partial charge is 0.124 e. The van der Waals surface area contributed by atoms with Crippen molar-refractivity contribution >= 4 is 11.0 Å². The predicted octanol–water partition coefficient (Wildman–Crippen LogP) is 2.90. The van der Waals surface area contributed by atoms with Crippen LogP contribution in [0.2, 0.25) is 0 Å². The number of aryl methyl sites for hydroxylation is 1. The summed E-state index contributed by atoms with van der Waals surface area (Å²) in [6.07, 6.45) is 1.75. The Bertz CT molecular complexity index is 706. The number of benzene rings is 2. The first-order valence-electron chi connectivity index (χ1n) is 6.70. The fraction of sp³-hybridized carbons (Fsp3) is 0.188. The van der Waals surface area contributed by atoms with Gasteiger partial charge in [-0.15, -0.1) is 0 Å². The third kappa shape index (κ3) is 2.65. The fourth-order valence-electron chi connectivity index (χ4n) is 2.30. The van der Waals surface area contributed by atoms with Gasteiger partial charge in [0.05, 0.1) is 17.1 Å². The van der Waals surface area contributed by atoms with Gasteiger partial charge in [-0.2, -0.15) is 0 Å². The molecule has 4 N–H and O–H groups in total. The van der Waals surface area contributed by atoms with Crippen LogP contribution in [0, 0.1) is 0 Å². The van der Waals surface area contributed by atoms with Crippen LogP contribution in [-0.2, 0) is 6.42 Å². The van der Waals surface area contributed by atoms with Crippen molar-refractivity contribution in [2.24, 2.45) is 5.73 Å². The maximum Gasteiger partial charge on any atom is 0.124 e. The number of hydrogen-bond acceptors (Lipinski definition) is 3. The highest BCUT2D eigenvalue weighted by Crippen LogP contribution is 2.21. The van der Waals surface area contributed by atoms with Crippen LogP contribution >= 0.6 is 0 Å². The molecule has 20 heavy (non-hydrogen) atoms. The monoisotopic (exact) mass is 267 g/mol. The summed E-state index contributed by atoms with van der Waals surface area (Å²) >= 11 is 0. The van der Waals surface area contributed by atoms with Gasteiger partial charge < -0.3 is 15.8 Å². The van der Waals surface area contributed by atoms with Gasteiger partial charge in [-0.25, -0.2) is 4.98 Å². The number of nitrogens with two attached hydrogens (primary N) is 1. The highest BCUT2D eigenvalue weighted by atomic mass is 16.3. The number of H-pyrrole nitrogens is 1. The van der Waals surface area contributed by atoms with Gasteiger partial charge >= 0.3 is 0 Å². The summed E-state index contributed by atoms with van der Waals surface area (Å²) in [5, 5.41) is 9.45. The molecule has 0 fully saturated rings. The molecule has 1 unspecified atom stereocenters. The molecule has 1 atom stereocenters. The number of aromatic hydroxyl groups is 1. The number of hydrogen-bond donors (Lipinski definition) is 3. The SMILES string of the molecule is NC(CCc1ccccc1)c1nc2ccc(O)cc2[nH]1. The third-order valence-electron chi connectivity index (χ3n) is 3.42. The molecule has 0 spiro atoms. The minimum atomic E-state index is -0.134. The molecule has 0 amide bonds. The summed E-state index contributed by atoms with van der Waals surface area (Å²) < 4.78 is 0. The summed E-state index contributed by atoms with van der Waals surface area (Å²) in [7, 11) is 0. The average Bonchev–Trinajstić information content (AvgIpc) is 2.89. The number of aromatic nitrogens is 2. The van der Waals surface area contributed by atoms with Crippen LogP contribution in [0.15, 0.2) is 48.5 Å². The van der Waals surface area contributed by atoms with E-state index in [4.69, 9.17) is 5.73 Å². The lowest BCUT2D eigenvalue weighted by atomic mass is 10.1. The lowest BCUT2D eigenvalue weighted by Gasteiger charge is -2.08. The predicted molar refractivity (Wildman–Crippen MR) is 79.4 cm³/mol. The minimum absolute atomic E-state index is 0.134. The number of fused-ring (bicyclic) bond motifs is 1. The molecular weight excluding hydrogens is 250 g/mol. The highest BCUT2D eigenvalue weighted by molar-refractivity contribution is 5.76. The normalized spacial score (nSPS) is 12.7. The topological polar surface area (TPSA) is 74.9 Å². The van der Waals surface area contributed by atoms with Gasteiger partial charge in [0.25, 0.3) is 0 Å². The molecular formula is C16H17N3O. The summed E-state index contributed by atoms with van der Waals surface area (Å²) in [5.74, 6) is 0.993. The van der Waals surface area contributed by atoms with Crippen LogP contribution in [0.1, 0.15) is 23.9 Å². The Morgan fingerprint density at radius 2 is 1.95 bits per heavy atom. The van der Waals surface area contributed by atoms with E-state index in [-0.39, 0.29) is 11.8 Å². The summed E-state index contributed by atoms with van der Waals surface area (Å²) in [6, 6.07) is 15.2. The molecule has 0 saturated carbocycles. The molecule has 3 rings (SSSR count). The van der Waals surface area contributed by atoms with E-state index in [1.54, 1.807) is 18.2 Å². The van der Waals surface area contributed by atoms with Crippen molar-refractivity contribution in [1.29, 1.82) is 0 Å². The molecule has 0 radical (unpaired) electrons. The summed E-state index contributed by atoms with van der Waals surface area (Å²) in [5.41, 5.74) is 9.11. The fourth-order valence-corrected chi connectivity index (χ4v) is 2.30. The van der Waals surface area contributed by atoms with Crippen molar-refractivity contribution in [3.63, 3.8) is 0 Å². The van der Waals surface area contributed by atoms with Crippen LogP contribution in [0.4, 0.5) is 0 Å². The zero-order chi connectivity index (χ0) is 13.9. The number of nitrogens with zero attached hydrogens (tertiary/aromatic N) is 1. The van der Waals surface area contributed by atoms with Gasteiger partial charge in [-0.1, -0.05) is 30.3 Å². The third-order valence-corrected chi connectivity index (χ3v) is 3.42. The highest BCUT2D eigenvalue weighted by Gasteiger charge is 2.11. The minimum Gasteiger partial charge on any atom is -0.508 e. The molecule has 4 heteroatoms. The number of nitrogens with one attached hydrogen (secondary N) is 1. The molecule has 2 aromatic carbocycles. The Hall–Kier alpha value is -2.33. The second-order valence-corrected chi connectivity index (χ2v) is 4.95. The Morgan fingerprint density at radius 3 is 2.75 bits per heavy atom. The van der Waals surface area contributed by atoms with Gasteiger partial charge in [0.2, 0.25) is 0 Å². The molecule has 4 nitrogen and oxygen atoms in total. The first-order chi connectivity index (χ1) is 9.72. The first-order valence-corrected chi connectivity index (χ1v) is 6.70. The molecule has 1 heterocycles. The summed E-state index contributed by atoms with van der Waals surface area (Å²) in [6.45, 7) is 0. The van der Waals surface area contributed by atoms with Crippen LogP contribution < -0.4 is 5.73 Å². The maximum atomic E-state index is 9.45. The molecule has 0 aliphatic carbocycles. The number of phenols is 1.